The van der Waals surface area contributed by atoms with Crippen LogP contribution in [0.15, 0.2) is 12.1 Å². The topological polar surface area (TPSA) is 38.8 Å². The average molecular weight is 289 g/mol. The fourth-order valence-electron chi connectivity index (χ4n) is 2.18. The molecule has 1 aliphatic heterocycles. The van der Waals surface area contributed by atoms with Crippen molar-refractivity contribution in [2.24, 2.45) is 0 Å². The first-order valence-corrected chi connectivity index (χ1v) is 6.01. The Morgan fingerprint density at radius 1 is 1.45 bits per heavy atom. The highest BCUT2D eigenvalue weighted by Crippen LogP contribution is 2.49. The van der Waals surface area contributed by atoms with Crippen molar-refractivity contribution in [2.45, 2.75) is 25.7 Å². The zero-order valence-electron chi connectivity index (χ0n) is 11.2. The summed E-state index contributed by atoms with van der Waals surface area (Å²) in [6.45, 7) is 1.64. The predicted molar refractivity (Wildman–Crippen MR) is 66.5 cm³/mol. The number of rotatable bonds is 3. The molecule has 0 amide bonds. The lowest BCUT2D eigenvalue weighted by Crippen LogP contribution is -2.44. The van der Waals surface area contributed by atoms with Crippen molar-refractivity contribution >= 4 is 11.5 Å². The molecule has 1 heterocycles. The molecule has 7 heteroatoms. The van der Waals surface area contributed by atoms with Crippen LogP contribution >= 0.6 is 0 Å². The fourth-order valence-corrected chi connectivity index (χ4v) is 2.18. The number of carbonyl (C=O) groups is 1. The van der Waals surface area contributed by atoms with Gasteiger partial charge in [0.2, 0.25) is 0 Å². The van der Waals surface area contributed by atoms with Crippen LogP contribution in [0.2, 0.25) is 0 Å². The van der Waals surface area contributed by atoms with Crippen molar-refractivity contribution in [3.8, 4) is 11.5 Å². The maximum atomic E-state index is 12.9. The third-order valence-corrected chi connectivity index (χ3v) is 3.15. The van der Waals surface area contributed by atoms with Crippen molar-refractivity contribution in [3.05, 3.63) is 17.7 Å². The summed E-state index contributed by atoms with van der Waals surface area (Å²) in [5.74, 6) is -0.108. The zero-order valence-corrected chi connectivity index (χ0v) is 11.2. The van der Waals surface area contributed by atoms with Crippen LogP contribution in [0.3, 0.4) is 0 Å². The minimum Gasteiger partial charge on any atom is -0.494 e. The maximum Gasteiger partial charge on any atom is 0.445 e. The van der Waals surface area contributed by atoms with Gasteiger partial charge >= 0.3 is 6.18 Å². The van der Waals surface area contributed by atoms with Crippen LogP contribution in [0.1, 0.15) is 23.7 Å². The van der Waals surface area contributed by atoms with E-state index in [1.807, 2.05) is 0 Å². The van der Waals surface area contributed by atoms with Crippen LogP contribution in [0.25, 0.3) is 0 Å². The Morgan fingerprint density at radius 2 is 2.10 bits per heavy atom. The van der Waals surface area contributed by atoms with E-state index in [0.717, 1.165) is 4.90 Å². The summed E-state index contributed by atoms with van der Waals surface area (Å²) in [5, 5.41) is 0. The van der Waals surface area contributed by atoms with Crippen LogP contribution in [-0.2, 0) is 0 Å². The zero-order chi connectivity index (χ0) is 15.1. The summed E-state index contributed by atoms with van der Waals surface area (Å²) >= 11 is 0. The molecule has 20 heavy (non-hydrogen) atoms. The number of fused-ring (bicyclic) bond motifs is 1. The lowest BCUT2D eigenvalue weighted by Gasteiger charge is -2.23. The lowest BCUT2D eigenvalue weighted by atomic mass is 10.1. The molecule has 0 aliphatic carbocycles. The van der Waals surface area contributed by atoms with Crippen LogP contribution in [0.4, 0.5) is 18.9 Å². The number of ketones is 1. The molecule has 0 saturated heterocycles. The Bertz CT molecular complexity index is 542. The number of Topliss-reactive ketones (excluding diaryl/α,β-unsaturated/α-hetero) is 1. The number of hydrogen-bond acceptors (Lipinski definition) is 4. The lowest BCUT2D eigenvalue weighted by molar-refractivity contribution is -0.189. The SMILES string of the molecule is CCC(=O)c1ccc(OC)c2c1OC(C(F)(F)F)N2C. The molecule has 110 valence electrons. The van der Waals surface area contributed by atoms with Crippen LogP contribution in [0.5, 0.6) is 11.5 Å². The largest absolute Gasteiger partial charge is 0.494 e. The van der Waals surface area contributed by atoms with E-state index in [1.165, 1.54) is 26.3 Å². The van der Waals surface area contributed by atoms with Gasteiger partial charge in [-0.05, 0) is 12.1 Å². The number of carbonyl (C=O) groups excluding carboxylic acids is 1. The van der Waals surface area contributed by atoms with Gasteiger partial charge in [-0.25, -0.2) is 0 Å². The summed E-state index contributed by atoms with van der Waals surface area (Å²) in [4.78, 5) is 12.7. The summed E-state index contributed by atoms with van der Waals surface area (Å²) in [7, 11) is 2.61. The summed E-state index contributed by atoms with van der Waals surface area (Å²) < 4.78 is 48.8. The minimum absolute atomic E-state index is 0.0685. The van der Waals surface area contributed by atoms with Gasteiger partial charge in [-0.3, -0.25) is 4.79 Å². The molecule has 0 aromatic heterocycles. The van der Waals surface area contributed by atoms with Gasteiger partial charge in [-0.15, -0.1) is 0 Å². The molecule has 0 fully saturated rings. The first kappa shape index (κ1) is 14.5. The molecule has 1 atom stereocenters. The highest BCUT2D eigenvalue weighted by atomic mass is 19.4. The number of alkyl halides is 3. The minimum atomic E-state index is -4.56. The van der Waals surface area contributed by atoms with Gasteiger partial charge in [0.05, 0.1) is 12.7 Å². The van der Waals surface area contributed by atoms with Crippen LogP contribution < -0.4 is 14.4 Å². The molecule has 4 nitrogen and oxygen atoms in total. The van der Waals surface area contributed by atoms with E-state index in [1.54, 1.807) is 6.92 Å². The second kappa shape index (κ2) is 4.88. The smallest absolute Gasteiger partial charge is 0.445 e. The van der Waals surface area contributed by atoms with Gasteiger partial charge in [0.25, 0.3) is 6.23 Å². The molecule has 1 aromatic rings. The number of hydrogen-bond donors (Lipinski definition) is 0. The molecule has 1 unspecified atom stereocenters. The van der Waals surface area contributed by atoms with Crippen molar-refractivity contribution in [3.63, 3.8) is 0 Å². The molecule has 0 spiro atoms. The molecule has 0 N–H and O–H groups in total. The Balaban J connectivity index is 2.57. The first-order valence-electron chi connectivity index (χ1n) is 6.01. The summed E-state index contributed by atoms with van der Waals surface area (Å²) in [6, 6.07) is 2.90. The Hall–Kier alpha value is -1.92. The van der Waals surface area contributed by atoms with E-state index >= 15 is 0 Å². The van der Waals surface area contributed by atoms with Crippen LogP contribution in [0, 0.1) is 0 Å². The van der Waals surface area contributed by atoms with E-state index < -0.39 is 12.4 Å². The quantitative estimate of drug-likeness (QED) is 0.802. The third-order valence-electron chi connectivity index (χ3n) is 3.15. The first-order chi connectivity index (χ1) is 9.31. The second-order valence-corrected chi connectivity index (χ2v) is 4.39. The van der Waals surface area contributed by atoms with Crippen molar-refractivity contribution in [2.75, 3.05) is 19.1 Å². The normalized spacial score (nSPS) is 17.7. The van der Waals surface area contributed by atoms with E-state index in [4.69, 9.17) is 9.47 Å². The number of anilines is 1. The van der Waals surface area contributed by atoms with E-state index in [2.05, 4.69) is 0 Å². The van der Waals surface area contributed by atoms with Gasteiger partial charge in [0.1, 0.15) is 11.4 Å². The number of benzene rings is 1. The highest BCUT2D eigenvalue weighted by molar-refractivity contribution is 6.01. The monoisotopic (exact) mass is 289 g/mol. The Labute approximate surface area is 114 Å². The van der Waals surface area contributed by atoms with Gasteiger partial charge in [-0.1, -0.05) is 6.92 Å². The van der Waals surface area contributed by atoms with E-state index in [9.17, 15) is 18.0 Å². The van der Waals surface area contributed by atoms with Gasteiger partial charge in [0, 0.05) is 13.5 Å². The predicted octanol–water partition coefficient (Wildman–Crippen LogP) is 3.00. The number of ether oxygens (including phenoxy) is 2. The molecule has 2 rings (SSSR count). The molecule has 0 radical (unpaired) electrons. The second-order valence-electron chi connectivity index (χ2n) is 4.39. The molecule has 0 bridgehead atoms. The molecule has 0 saturated carbocycles. The van der Waals surface area contributed by atoms with E-state index in [-0.39, 0.29) is 35.0 Å². The molecule has 1 aromatic carbocycles. The number of methoxy groups -OCH3 is 1. The fraction of sp³-hybridized carbons (Fsp3) is 0.462. The van der Waals surface area contributed by atoms with Crippen molar-refractivity contribution < 1.29 is 27.4 Å². The molecule has 1 aliphatic rings. The number of halogens is 3. The Kier molecular flexibility index (Phi) is 3.54. The highest BCUT2D eigenvalue weighted by Gasteiger charge is 2.51. The van der Waals surface area contributed by atoms with Crippen molar-refractivity contribution in [1.82, 2.24) is 0 Å². The standard InChI is InChI=1S/C13H14F3NO3/c1-4-8(18)7-5-6-9(19-3)10-11(7)20-12(17(10)2)13(14,15)16/h5-6,12H,4H2,1-3H3. The van der Waals surface area contributed by atoms with Gasteiger partial charge in [0.15, 0.2) is 11.5 Å². The maximum absolute atomic E-state index is 12.9. The average Bonchev–Trinajstić information content (AvgIpc) is 2.75. The van der Waals surface area contributed by atoms with Crippen LogP contribution in [-0.4, -0.2) is 32.3 Å². The van der Waals surface area contributed by atoms with E-state index in [0.29, 0.717) is 0 Å². The third kappa shape index (κ3) is 2.17. The Morgan fingerprint density at radius 3 is 2.60 bits per heavy atom. The van der Waals surface area contributed by atoms with Gasteiger partial charge in [-0.2, -0.15) is 13.2 Å². The number of nitrogens with zero attached hydrogens (tertiary/aromatic N) is 1. The molecular formula is C13H14F3NO3. The summed E-state index contributed by atoms with van der Waals surface area (Å²) in [6.07, 6.45) is -6.49. The molecular weight excluding hydrogens is 275 g/mol. The summed E-state index contributed by atoms with van der Waals surface area (Å²) in [5.41, 5.74) is 0.288. The van der Waals surface area contributed by atoms with Crippen molar-refractivity contribution in [1.29, 1.82) is 0 Å². The van der Waals surface area contributed by atoms with Gasteiger partial charge < -0.3 is 14.4 Å².